The molecule has 3 heteroatoms. The van der Waals surface area contributed by atoms with Crippen molar-refractivity contribution in [2.75, 3.05) is 0 Å². The highest BCUT2D eigenvalue weighted by molar-refractivity contribution is 5.72. The Hall–Kier alpha value is -0.830. The van der Waals surface area contributed by atoms with Crippen LogP contribution in [0.2, 0.25) is 0 Å². The van der Waals surface area contributed by atoms with E-state index < -0.39 is 5.97 Å². The topological polar surface area (TPSA) is 63.3 Å². The van der Waals surface area contributed by atoms with Gasteiger partial charge in [0, 0.05) is 6.04 Å². The van der Waals surface area contributed by atoms with Crippen LogP contribution in [0.3, 0.4) is 0 Å². The first-order valence-electron chi connectivity index (χ1n) is 4.35. The zero-order valence-electron chi connectivity index (χ0n) is 6.81. The van der Waals surface area contributed by atoms with Crippen molar-refractivity contribution in [3.05, 3.63) is 12.2 Å². The minimum Gasteiger partial charge on any atom is -0.481 e. The minimum absolute atomic E-state index is 0.161. The average molecular weight is 167 g/mol. The van der Waals surface area contributed by atoms with E-state index in [1.807, 2.05) is 0 Å². The van der Waals surface area contributed by atoms with Crippen molar-refractivity contribution in [3.63, 3.8) is 0 Å². The molecule has 66 valence electrons. The lowest BCUT2D eigenvalue weighted by atomic mass is 9.91. The Morgan fingerprint density at radius 3 is 2.92 bits per heavy atom. The number of hydrogen-bond acceptors (Lipinski definition) is 2. The van der Waals surface area contributed by atoms with Crippen LogP contribution < -0.4 is 5.73 Å². The van der Waals surface area contributed by atoms with Gasteiger partial charge in [-0.2, -0.15) is 0 Å². The third-order valence-electron chi connectivity index (χ3n) is 3.10. The Morgan fingerprint density at radius 1 is 1.58 bits per heavy atom. The molecule has 2 bridgehead atoms. The normalized spacial score (nSPS) is 44.8. The van der Waals surface area contributed by atoms with Crippen LogP contribution in [0, 0.1) is 17.8 Å². The maximum Gasteiger partial charge on any atom is 0.308 e. The number of hydrogen-bond donors (Lipinski definition) is 2. The number of carboxylic acid groups (broad SMARTS) is 1. The Morgan fingerprint density at radius 2 is 2.33 bits per heavy atom. The first-order chi connectivity index (χ1) is 5.70. The number of carbonyl (C=O) groups is 1. The second-order valence-corrected chi connectivity index (χ2v) is 3.76. The number of rotatable bonds is 1. The van der Waals surface area contributed by atoms with E-state index >= 15 is 0 Å². The van der Waals surface area contributed by atoms with Gasteiger partial charge in [0.2, 0.25) is 0 Å². The Labute approximate surface area is 71.3 Å². The van der Waals surface area contributed by atoms with E-state index in [0.717, 1.165) is 12.8 Å². The van der Waals surface area contributed by atoms with Gasteiger partial charge >= 0.3 is 5.97 Å². The molecule has 0 aromatic carbocycles. The molecular formula is C9H13NO2. The summed E-state index contributed by atoms with van der Waals surface area (Å²) in [6.45, 7) is 0. The fourth-order valence-corrected chi connectivity index (χ4v) is 2.48. The Kier molecular flexibility index (Phi) is 1.68. The molecule has 0 aliphatic heterocycles. The molecule has 0 heterocycles. The number of carboxylic acids is 1. The molecule has 2 aliphatic rings. The van der Waals surface area contributed by atoms with E-state index in [0.29, 0.717) is 5.92 Å². The summed E-state index contributed by atoms with van der Waals surface area (Å²) < 4.78 is 0. The summed E-state index contributed by atoms with van der Waals surface area (Å²) in [5.74, 6) is -0.443. The van der Waals surface area contributed by atoms with Crippen LogP contribution in [0.1, 0.15) is 12.8 Å². The van der Waals surface area contributed by atoms with Gasteiger partial charge in [-0.05, 0) is 24.7 Å². The fraction of sp³-hybridized carbons (Fsp3) is 0.667. The van der Waals surface area contributed by atoms with Crippen LogP contribution in [0.15, 0.2) is 12.2 Å². The van der Waals surface area contributed by atoms with E-state index in [-0.39, 0.29) is 17.9 Å². The lowest BCUT2D eigenvalue weighted by molar-refractivity contribution is -0.143. The Bertz CT molecular complexity index is 235. The van der Waals surface area contributed by atoms with Crippen molar-refractivity contribution < 1.29 is 9.90 Å². The first kappa shape index (κ1) is 7.80. The lowest BCUT2D eigenvalue weighted by Gasteiger charge is -2.15. The van der Waals surface area contributed by atoms with Crippen LogP contribution in [-0.2, 0) is 4.79 Å². The molecule has 4 unspecified atom stereocenters. The number of allylic oxidation sites excluding steroid dienone is 1. The largest absolute Gasteiger partial charge is 0.481 e. The van der Waals surface area contributed by atoms with Crippen molar-refractivity contribution in [3.8, 4) is 0 Å². The van der Waals surface area contributed by atoms with E-state index in [4.69, 9.17) is 10.8 Å². The van der Waals surface area contributed by atoms with Crippen molar-refractivity contribution in [2.45, 2.75) is 18.9 Å². The van der Waals surface area contributed by atoms with Crippen LogP contribution in [0.25, 0.3) is 0 Å². The molecule has 2 aliphatic carbocycles. The zero-order valence-corrected chi connectivity index (χ0v) is 6.81. The van der Waals surface area contributed by atoms with Gasteiger partial charge in [-0.1, -0.05) is 12.2 Å². The molecule has 0 aromatic rings. The summed E-state index contributed by atoms with van der Waals surface area (Å²) >= 11 is 0. The molecule has 0 amide bonds. The standard InChI is InChI=1S/C9H13NO2/c10-8-6-3-1-2-5(4-6)7(8)9(11)12/h1,3,5-8H,2,4,10H2,(H,11,12). The molecule has 3 nitrogen and oxygen atoms in total. The molecule has 0 radical (unpaired) electrons. The maximum absolute atomic E-state index is 10.8. The number of aliphatic carboxylic acids is 1. The van der Waals surface area contributed by atoms with Crippen LogP contribution in [-0.4, -0.2) is 17.1 Å². The fourth-order valence-electron chi connectivity index (χ4n) is 2.48. The molecule has 1 fully saturated rings. The van der Waals surface area contributed by atoms with Crippen molar-refractivity contribution in [1.82, 2.24) is 0 Å². The molecule has 1 saturated carbocycles. The van der Waals surface area contributed by atoms with Crippen molar-refractivity contribution in [1.29, 1.82) is 0 Å². The summed E-state index contributed by atoms with van der Waals surface area (Å²) in [4.78, 5) is 10.8. The molecule has 4 atom stereocenters. The molecule has 2 rings (SSSR count). The highest BCUT2D eigenvalue weighted by Crippen LogP contribution is 2.41. The zero-order chi connectivity index (χ0) is 8.72. The summed E-state index contributed by atoms with van der Waals surface area (Å²) in [5.41, 5.74) is 5.83. The van der Waals surface area contributed by atoms with Gasteiger partial charge in [-0.3, -0.25) is 4.79 Å². The van der Waals surface area contributed by atoms with Crippen molar-refractivity contribution >= 4 is 5.97 Å². The SMILES string of the molecule is NC1C2C=CCC(C2)C1C(=O)O. The van der Waals surface area contributed by atoms with Gasteiger partial charge in [0.25, 0.3) is 0 Å². The lowest BCUT2D eigenvalue weighted by Crippen LogP contribution is -2.36. The van der Waals surface area contributed by atoms with E-state index in [2.05, 4.69) is 12.2 Å². The summed E-state index contributed by atoms with van der Waals surface area (Å²) in [7, 11) is 0. The monoisotopic (exact) mass is 167 g/mol. The van der Waals surface area contributed by atoms with Gasteiger partial charge in [0.1, 0.15) is 0 Å². The third kappa shape index (κ3) is 0.966. The summed E-state index contributed by atoms with van der Waals surface area (Å²) in [6, 6.07) is -0.161. The molecule has 3 N–H and O–H groups in total. The van der Waals surface area contributed by atoms with E-state index in [1.165, 1.54) is 0 Å². The van der Waals surface area contributed by atoms with E-state index in [1.54, 1.807) is 0 Å². The smallest absolute Gasteiger partial charge is 0.308 e. The first-order valence-corrected chi connectivity index (χ1v) is 4.35. The van der Waals surface area contributed by atoms with E-state index in [9.17, 15) is 4.79 Å². The molecular weight excluding hydrogens is 154 g/mol. The predicted octanol–water partition coefficient (Wildman–Crippen LogP) is 0.611. The Balaban J connectivity index is 2.23. The van der Waals surface area contributed by atoms with Gasteiger partial charge in [0.05, 0.1) is 5.92 Å². The maximum atomic E-state index is 10.8. The van der Waals surface area contributed by atoms with Crippen LogP contribution >= 0.6 is 0 Å². The highest BCUT2D eigenvalue weighted by Gasteiger charge is 2.45. The van der Waals surface area contributed by atoms with Gasteiger partial charge in [-0.25, -0.2) is 0 Å². The molecule has 12 heavy (non-hydrogen) atoms. The van der Waals surface area contributed by atoms with Crippen molar-refractivity contribution in [2.24, 2.45) is 23.5 Å². The summed E-state index contributed by atoms with van der Waals surface area (Å²) in [6.07, 6.45) is 6.00. The molecule has 0 aromatic heterocycles. The number of fused-ring (bicyclic) bond motifs is 2. The predicted molar refractivity (Wildman–Crippen MR) is 44.5 cm³/mol. The van der Waals surface area contributed by atoms with Gasteiger partial charge in [0.15, 0.2) is 0 Å². The molecule has 0 saturated heterocycles. The molecule has 0 spiro atoms. The van der Waals surface area contributed by atoms with Gasteiger partial charge in [-0.15, -0.1) is 0 Å². The van der Waals surface area contributed by atoms with Crippen LogP contribution in [0.4, 0.5) is 0 Å². The summed E-state index contributed by atoms with van der Waals surface area (Å²) in [5, 5.41) is 8.92. The minimum atomic E-state index is -0.723. The average Bonchev–Trinajstić information content (AvgIpc) is 2.24. The quantitative estimate of drug-likeness (QED) is 0.562. The van der Waals surface area contributed by atoms with Gasteiger partial charge < -0.3 is 10.8 Å². The highest BCUT2D eigenvalue weighted by atomic mass is 16.4. The number of nitrogens with two attached hydrogens (primary N) is 1. The van der Waals surface area contributed by atoms with Crippen LogP contribution in [0.5, 0.6) is 0 Å². The second-order valence-electron chi connectivity index (χ2n) is 3.76. The second kappa shape index (κ2) is 2.59. The third-order valence-corrected chi connectivity index (χ3v) is 3.10.